The fourth-order valence-electron chi connectivity index (χ4n) is 3.76. The Morgan fingerprint density at radius 3 is 2.10 bits per heavy atom. The average molecular weight is 486 g/mol. The van der Waals surface area contributed by atoms with Crippen LogP contribution in [0.1, 0.15) is 30.1 Å². The summed E-state index contributed by atoms with van der Waals surface area (Å²) in [6.07, 6.45) is 2.02. The summed E-state index contributed by atoms with van der Waals surface area (Å²) in [6, 6.07) is 9.74. The summed E-state index contributed by atoms with van der Waals surface area (Å²) in [7, 11) is -7.03. The molecule has 0 bridgehead atoms. The normalized spacial score (nSPS) is 16.8. The van der Waals surface area contributed by atoms with Gasteiger partial charge in [-0.1, -0.05) is 11.6 Å². The number of carbonyl (C=O) groups excluding carboxylic acids is 1. The summed E-state index contributed by atoms with van der Waals surface area (Å²) in [5, 5.41) is 9.99. The van der Waals surface area contributed by atoms with E-state index in [0.717, 1.165) is 12.3 Å². The second-order valence-electron chi connectivity index (χ2n) is 7.78. The van der Waals surface area contributed by atoms with Crippen LogP contribution in [0.4, 0.5) is 0 Å². The van der Waals surface area contributed by atoms with Crippen molar-refractivity contribution >= 4 is 37.2 Å². The lowest BCUT2D eigenvalue weighted by Gasteiger charge is -2.34. The van der Waals surface area contributed by atoms with Gasteiger partial charge in [-0.15, -0.1) is 0 Å². The largest absolute Gasteiger partial charge is 0.507 e. The Kier molecular flexibility index (Phi) is 6.69. The van der Waals surface area contributed by atoms with Crippen LogP contribution in [0.15, 0.2) is 52.3 Å². The molecule has 3 rings (SSSR count). The standard InChI is InChI=1S/C21H24ClNO6S2/c1-14(31(28,29)17-5-3-16(22)4-6-17)15-9-11-23(12-10-15)21(25)19-8-7-18(13-20(19)24)30(2,26)27/h3-8,13-15,24H,9-12H2,1-2H3. The lowest BCUT2D eigenvalue weighted by Crippen LogP contribution is -2.42. The molecule has 2 aromatic rings. The van der Waals surface area contributed by atoms with E-state index in [1.54, 1.807) is 24.0 Å². The predicted octanol–water partition coefficient (Wildman–Crippen LogP) is 3.16. The van der Waals surface area contributed by atoms with Gasteiger partial charge >= 0.3 is 0 Å². The van der Waals surface area contributed by atoms with Gasteiger partial charge in [0.25, 0.3) is 5.91 Å². The van der Waals surface area contributed by atoms with Crippen molar-refractivity contribution in [2.45, 2.75) is 34.8 Å². The van der Waals surface area contributed by atoms with Crippen LogP contribution in [0.3, 0.4) is 0 Å². The van der Waals surface area contributed by atoms with Gasteiger partial charge < -0.3 is 10.0 Å². The number of hydrogen-bond donors (Lipinski definition) is 1. The number of halogens is 1. The predicted molar refractivity (Wildman–Crippen MR) is 118 cm³/mol. The smallest absolute Gasteiger partial charge is 0.257 e. The summed E-state index contributed by atoms with van der Waals surface area (Å²) < 4.78 is 49.1. The fourth-order valence-corrected chi connectivity index (χ4v) is 6.25. The van der Waals surface area contributed by atoms with Gasteiger partial charge in [-0.05, 0) is 68.1 Å². The van der Waals surface area contributed by atoms with Crippen molar-refractivity contribution < 1.29 is 26.7 Å². The number of aromatic hydroxyl groups is 1. The third-order valence-corrected chi connectivity index (χ3v) is 9.41. The molecule has 0 spiro atoms. The van der Waals surface area contributed by atoms with Crippen molar-refractivity contribution in [1.82, 2.24) is 4.90 Å². The zero-order chi connectivity index (χ0) is 23.0. The van der Waals surface area contributed by atoms with Crippen molar-refractivity contribution in [2.75, 3.05) is 19.3 Å². The monoisotopic (exact) mass is 485 g/mol. The van der Waals surface area contributed by atoms with E-state index in [2.05, 4.69) is 0 Å². The number of amides is 1. The minimum Gasteiger partial charge on any atom is -0.507 e. The number of hydrogen-bond acceptors (Lipinski definition) is 6. The molecule has 1 N–H and O–H groups in total. The van der Waals surface area contributed by atoms with Gasteiger partial charge in [0.1, 0.15) is 5.75 Å². The number of carbonyl (C=O) groups is 1. The molecular formula is C21H24ClNO6S2. The number of likely N-dealkylation sites (tertiary alicyclic amines) is 1. The first kappa shape index (κ1) is 23.6. The molecule has 0 radical (unpaired) electrons. The first-order chi connectivity index (χ1) is 14.4. The number of piperidine rings is 1. The molecular weight excluding hydrogens is 462 g/mol. The second kappa shape index (κ2) is 8.80. The Balaban J connectivity index is 1.69. The van der Waals surface area contributed by atoms with Gasteiger partial charge in [0.15, 0.2) is 19.7 Å². The number of phenols is 1. The van der Waals surface area contributed by atoms with Crippen molar-refractivity contribution in [3.63, 3.8) is 0 Å². The Morgan fingerprint density at radius 2 is 1.58 bits per heavy atom. The summed E-state index contributed by atoms with van der Waals surface area (Å²) >= 11 is 5.85. The van der Waals surface area contributed by atoms with Crippen LogP contribution >= 0.6 is 11.6 Å². The molecule has 1 unspecified atom stereocenters. The summed E-state index contributed by atoms with van der Waals surface area (Å²) in [5.74, 6) is -0.927. The first-order valence-electron chi connectivity index (χ1n) is 9.73. The molecule has 1 aliphatic rings. The highest BCUT2D eigenvalue weighted by Crippen LogP contribution is 2.31. The van der Waals surface area contributed by atoms with Crippen molar-refractivity contribution in [3.8, 4) is 5.75 Å². The van der Waals surface area contributed by atoms with E-state index in [0.29, 0.717) is 31.0 Å². The van der Waals surface area contributed by atoms with E-state index in [9.17, 15) is 26.7 Å². The average Bonchev–Trinajstić information content (AvgIpc) is 2.72. The van der Waals surface area contributed by atoms with Gasteiger partial charge in [-0.3, -0.25) is 4.79 Å². The third kappa shape index (κ3) is 5.05. The van der Waals surface area contributed by atoms with Gasteiger partial charge in [0, 0.05) is 24.4 Å². The van der Waals surface area contributed by atoms with Crippen LogP contribution in [0.5, 0.6) is 5.75 Å². The highest BCUT2D eigenvalue weighted by Gasteiger charge is 2.34. The number of nitrogens with zero attached hydrogens (tertiary/aromatic N) is 1. The van der Waals surface area contributed by atoms with E-state index < -0.39 is 36.6 Å². The molecule has 0 aromatic heterocycles. The molecule has 1 saturated heterocycles. The lowest BCUT2D eigenvalue weighted by atomic mass is 9.93. The second-order valence-corrected chi connectivity index (χ2v) is 12.5. The zero-order valence-electron chi connectivity index (χ0n) is 17.2. The van der Waals surface area contributed by atoms with Crippen LogP contribution in [0.25, 0.3) is 0 Å². The molecule has 1 fully saturated rings. The van der Waals surface area contributed by atoms with Crippen molar-refractivity contribution in [1.29, 1.82) is 0 Å². The summed E-state index contributed by atoms with van der Waals surface area (Å²) in [5.41, 5.74) is 0.0210. The maximum Gasteiger partial charge on any atom is 0.257 e. The van der Waals surface area contributed by atoms with E-state index in [-0.39, 0.29) is 21.3 Å². The first-order valence-corrected chi connectivity index (χ1v) is 13.5. The van der Waals surface area contributed by atoms with Crippen LogP contribution < -0.4 is 0 Å². The Hall–Kier alpha value is -2.10. The Bertz CT molecular complexity index is 1180. The van der Waals surface area contributed by atoms with E-state index in [1.807, 2.05) is 0 Å². The highest BCUT2D eigenvalue weighted by atomic mass is 35.5. The lowest BCUT2D eigenvalue weighted by molar-refractivity contribution is 0.0687. The molecule has 0 saturated carbocycles. The van der Waals surface area contributed by atoms with Crippen LogP contribution in [0, 0.1) is 5.92 Å². The maximum atomic E-state index is 12.9. The van der Waals surface area contributed by atoms with Gasteiger partial charge in [-0.2, -0.15) is 0 Å². The van der Waals surface area contributed by atoms with Gasteiger partial charge in [-0.25, -0.2) is 16.8 Å². The molecule has 168 valence electrons. The molecule has 1 atom stereocenters. The fraction of sp³-hybridized carbons (Fsp3) is 0.381. The molecule has 10 heteroatoms. The topological polar surface area (TPSA) is 109 Å². The molecule has 1 aliphatic heterocycles. The van der Waals surface area contributed by atoms with Crippen molar-refractivity contribution in [3.05, 3.63) is 53.1 Å². The Morgan fingerprint density at radius 1 is 1.03 bits per heavy atom. The number of phenolic OH excluding ortho intramolecular Hbond substituents is 1. The minimum atomic E-state index is -3.53. The van der Waals surface area contributed by atoms with Crippen LogP contribution in [-0.2, 0) is 19.7 Å². The summed E-state index contributed by atoms with van der Waals surface area (Å²) in [6.45, 7) is 2.37. The Labute approximate surface area is 187 Å². The zero-order valence-corrected chi connectivity index (χ0v) is 19.5. The van der Waals surface area contributed by atoms with Gasteiger partial charge in [0.05, 0.1) is 20.6 Å². The minimum absolute atomic E-state index is 0.0210. The molecule has 31 heavy (non-hydrogen) atoms. The van der Waals surface area contributed by atoms with Crippen LogP contribution in [-0.4, -0.2) is 57.3 Å². The molecule has 0 aliphatic carbocycles. The maximum absolute atomic E-state index is 12.9. The SMILES string of the molecule is CC(C1CCN(C(=O)c2ccc(S(C)(=O)=O)cc2O)CC1)S(=O)(=O)c1ccc(Cl)cc1. The number of rotatable bonds is 5. The van der Waals surface area contributed by atoms with Crippen molar-refractivity contribution in [2.24, 2.45) is 5.92 Å². The van der Waals surface area contributed by atoms with Crippen LogP contribution in [0.2, 0.25) is 5.02 Å². The molecule has 7 nitrogen and oxygen atoms in total. The van der Waals surface area contributed by atoms with E-state index in [4.69, 9.17) is 11.6 Å². The molecule has 1 heterocycles. The van der Waals surface area contributed by atoms with Gasteiger partial charge in [0.2, 0.25) is 0 Å². The quantitative estimate of drug-likeness (QED) is 0.696. The van der Waals surface area contributed by atoms with E-state index >= 15 is 0 Å². The number of sulfone groups is 2. The summed E-state index contributed by atoms with van der Waals surface area (Å²) in [4.78, 5) is 14.5. The highest BCUT2D eigenvalue weighted by molar-refractivity contribution is 7.92. The number of benzene rings is 2. The molecule has 1 amide bonds. The molecule has 2 aromatic carbocycles. The third-order valence-electron chi connectivity index (χ3n) is 5.75. The van der Waals surface area contributed by atoms with E-state index in [1.165, 1.54) is 24.3 Å².